The first-order valence-corrected chi connectivity index (χ1v) is 16.2. The van der Waals surface area contributed by atoms with Gasteiger partial charge in [0.25, 0.3) is 0 Å². The van der Waals surface area contributed by atoms with Crippen LogP contribution in [0.4, 0.5) is 22.7 Å². The first-order chi connectivity index (χ1) is 24.7. The third-order valence-electron chi connectivity index (χ3n) is 7.22. The van der Waals surface area contributed by atoms with E-state index in [-0.39, 0.29) is 0 Å². The van der Waals surface area contributed by atoms with E-state index in [4.69, 9.17) is 20.0 Å². The van der Waals surface area contributed by atoms with Crippen molar-refractivity contribution in [2.24, 2.45) is 20.5 Å². The number of nitrogens with zero attached hydrogens (tertiary/aromatic N) is 8. The van der Waals surface area contributed by atoms with Gasteiger partial charge in [-0.25, -0.2) is 0 Å². The molecule has 0 bridgehead atoms. The fraction of sp³-hybridized carbons (Fsp3) is 0.150. The standard InChI is InChI=1S/2C20H18N4O/c2*21-16-17-4-6-18(7-5-17)22-23-19-8-10-20(11-9-19)25-15-3-14-24-12-1-2-13-24/h2*1-2,4-13H,3,14-15H2. The zero-order chi connectivity index (χ0) is 34.6. The third kappa shape index (κ3) is 11.8. The van der Waals surface area contributed by atoms with Crippen LogP contribution in [-0.4, -0.2) is 22.3 Å². The Balaban J connectivity index is 0.000000194. The fourth-order valence-corrected chi connectivity index (χ4v) is 4.57. The van der Waals surface area contributed by atoms with Gasteiger partial charge in [0.1, 0.15) is 11.5 Å². The molecule has 0 fully saturated rings. The van der Waals surface area contributed by atoms with E-state index in [9.17, 15) is 0 Å². The molecule has 4 aromatic carbocycles. The molecule has 0 aliphatic heterocycles. The van der Waals surface area contributed by atoms with Crippen molar-refractivity contribution in [3.8, 4) is 23.6 Å². The van der Waals surface area contributed by atoms with E-state index in [1.165, 1.54) is 0 Å². The van der Waals surface area contributed by atoms with E-state index >= 15 is 0 Å². The molecule has 0 aliphatic rings. The molecule has 2 heterocycles. The van der Waals surface area contributed by atoms with Crippen LogP contribution in [0.1, 0.15) is 24.0 Å². The second-order valence-corrected chi connectivity index (χ2v) is 11.0. The Hall–Kier alpha value is -6.78. The molecule has 0 saturated carbocycles. The summed E-state index contributed by atoms with van der Waals surface area (Å²) in [5.41, 5.74) is 4.15. The van der Waals surface area contributed by atoms with Crippen LogP contribution in [0, 0.1) is 22.7 Å². The number of hydrogen-bond acceptors (Lipinski definition) is 8. The van der Waals surface area contributed by atoms with Gasteiger partial charge in [0.2, 0.25) is 0 Å². The average molecular weight is 661 g/mol. The molecule has 248 valence electrons. The molecular formula is C40H36N8O2. The average Bonchev–Trinajstić information content (AvgIpc) is 3.90. The summed E-state index contributed by atoms with van der Waals surface area (Å²) in [5, 5.41) is 34.2. The van der Waals surface area contributed by atoms with Gasteiger partial charge >= 0.3 is 0 Å². The summed E-state index contributed by atoms with van der Waals surface area (Å²) in [4.78, 5) is 0. The number of rotatable bonds is 14. The molecular weight excluding hydrogens is 624 g/mol. The quantitative estimate of drug-likeness (QED) is 0.0851. The smallest absolute Gasteiger partial charge is 0.119 e. The highest BCUT2D eigenvalue weighted by Crippen LogP contribution is 2.23. The predicted octanol–water partition coefficient (Wildman–Crippen LogP) is 10.5. The summed E-state index contributed by atoms with van der Waals surface area (Å²) in [7, 11) is 0. The van der Waals surface area contributed by atoms with E-state index in [0.29, 0.717) is 35.7 Å². The van der Waals surface area contributed by atoms with Gasteiger partial charge in [-0.15, -0.1) is 0 Å². The molecule has 0 radical (unpaired) electrons. The fourth-order valence-electron chi connectivity index (χ4n) is 4.57. The first kappa shape index (κ1) is 34.6. The Morgan fingerprint density at radius 1 is 0.440 bits per heavy atom. The molecule has 6 aromatic rings. The SMILES string of the molecule is N#Cc1ccc(N=Nc2ccc(OCCCn3cccc3)cc2)cc1.N#Cc1ccc(N=Nc2ccc(OCCCn3cccc3)cc2)cc1. The predicted molar refractivity (Wildman–Crippen MR) is 193 cm³/mol. The molecule has 6 rings (SSSR count). The van der Waals surface area contributed by atoms with Crippen molar-refractivity contribution in [1.29, 1.82) is 10.5 Å². The van der Waals surface area contributed by atoms with Crippen molar-refractivity contribution >= 4 is 22.7 Å². The first-order valence-electron chi connectivity index (χ1n) is 16.2. The van der Waals surface area contributed by atoms with Crippen LogP contribution in [0.3, 0.4) is 0 Å². The number of aryl methyl sites for hydroxylation is 2. The second kappa shape index (κ2) is 19.1. The van der Waals surface area contributed by atoms with Crippen LogP contribution in [0.25, 0.3) is 0 Å². The number of benzene rings is 4. The van der Waals surface area contributed by atoms with Crippen molar-refractivity contribution in [1.82, 2.24) is 9.13 Å². The topological polar surface area (TPSA) is 125 Å². The van der Waals surface area contributed by atoms with Crippen LogP contribution >= 0.6 is 0 Å². The Kier molecular flexibility index (Phi) is 13.2. The maximum atomic E-state index is 8.77. The Labute approximate surface area is 291 Å². The zero-order valence-electron chi connectivity index (χ0n) is 27.5. The highest BCUT2D eigenvalue weighted by Gasteiger charge is 1.99. The molecule has 0 spiro atoms. The lowest BCUT2D eigenvalue weighted by Gasteiger charge is -2.06. The minimum absolute atomic E-state index is 0.609. The lowest BCUT2D eigenvalue weighted by Crippen LogP contribution is -2.02. The van der Waals surface area contributed by atoms with Gasteiger partial charge in [-0.1, -0.05) is 0 Å². The van der Waals surface area contributed by atoms with Crippen molar-refractivity contribution in [2.45, 2.75) is 25.9 Å². The van der Waals surface area contributed by atoms with Gasteiger partial charge < -0.3 is 18.6 Å². The van der Waals surface area contributed by atoms with E-state index in [2.05, 4.69) is 41.7 Å². The maximum Gasteiger partial charge on any atom is 0.119 e. The highest BCUT2D eigenvalue weighted by atomic mass is 16.5. The molecule has 10 nitrogen and oxygen atoms in total. The van der Waals surface area contributed by atoms with Crippen molar-refractivity contribution in [2.75, 3.05) is 13.2 Å². The van der Waals surface area contributed by atoms with E-state index < -0.39 is 0 Å². The van der Waals surface area contributed by atoms with Gasteiger partial charge in [-0.2, -0.15) is 31.0 Å². The summed E-state index contributed by atoms with van der Waals surface area (Å²) in [6.07, 6.45) is 10.1. The Morgan fingerprint density at radius 2 is 0.740 bits per heavy atom. The number of nitriles is 2. The normalized spacial score (nSPS) is 10.7. The monoisotopic (exact) mass is 660 g/mol. The number of azo groups is 2. The van der Waals surface area contributed by atoms with Crippen LogP contribution < -0.4 is 9.47 Å². The summed E-state index contributed by atoms with van der Waals surface area (Å²) in [6, 6.07) is 41.2. The van der Waals surface area contributed by atoms with E-state index in [1.54, 1.807) is 48.5 Å². The Bertz CT molecular complexity index is 1840. The van der Waals surface area contributed by atoms with Gasteiger partial charge in [0, 0.05) is 37.9 Å². The molecule has 50 heavy (non-hydrogen) atoms. The summed E-state index contributed by atoms with van der Waals surface area (Å²) >= 11 is 0. The second-order valence-electron chi connectivity index (χ2n) is 11.0. The number of hydrogen-bond donors (Lipinski definition) is 0. The van der Waals surface area contributed by atoms with E-state index in [1.807, 2.05) is 97.6 Å². The summed E-state index contributed by atoms with van der Waals surface area (Å²) in [5.74, 6) is 1.65. The molecule has 10 heteroatoms. The lowest BCUT2D eigenvalue weighted by atomic mass is 10.2. The maximum absolute atomic E-state index is 8.77. The van der Waals surface area contributed by atoms with Crippen molar-refractivity contribution in [3.05, 3.63) is 157 Å². The van der Waals surface area contributed by atoms with E-state index in [0.717, 1.165) is 48.8 Å². The van der Waals surface area contributed by atoms with Crippen LogP contribution in [0.2, 0.25) is 0 Å². The number of aromatic nitrogens is 2. The van der Waals surface area contributed by atoms with Gasteiger partial charge in [0.15, 0.2) is 0 Å². The summed E-state index contributed by atoms with van der Waals surface area (Å²) in [6.45, 7) is 3.24. The minimum Gasteiger partial charge on any atom is -0.494 e. The van der Waals surface area contributed by atoms with Gasteiger partial charge in [0.05, 0.1) is 59.2 Å². The zero-order valence-corrected chi connectivity index (χ0v) is 27.5. The van der Waals surface area contributed by atoms with Gasteiger partial charge in [-0.3, -0.25) is 0 Å². The van der Waals surface area contributed by atoms with Gasteiger partial charge in [-0.05, 0) is 134 Å². The van der Waals surface area contributed by atoms with Crippen molar-refractivity contribution in [3.63, 3.8) is 0 Å². The summed E-state index contributed by atoms with van der Waals surface area (Å²) < 4.78 is 15.7. The highest BCUT2D eigenvalue weighted by molar-refractivity contribution is 5.46. The lowest BCUT2D eigenvalue weighted by molar-refractivity contribution is 0.302. The molecule has 0 N–H and O–H groups in total. The minimum atomic E-state index is 0.609. The molecule has 0 unspecified atom stereocenters. The molecule has 0 atom stereocenters. The molecule has 0 amide bonds. The molecule has 0 aliphatic carbocycles. The van der Waals surface area contributed by atoms with Crippen LogP contribution in [0.5, 0.6) is 11.5 Å². The third-order valence-corrected chi connectivity index (χ3v) is 7.22. The largest absolute Gasteiger partial charge is 0.494 e. The van der Waals surface area contributed by atoms with Crippen molar-refractivity contribution < 1.29 is 9.47 Å². The van der Waals surface area contributed by atoms with Crippen LogP contribution in [0.15, 0.2) is 167 Å². The van der Waals surface area contributed by atoms with Crippen LogP contribution in [-0.2, 0) is 13.1 Å². The molecule has 0 saturated heterocycles. The molecule has 2 aromatic heterocycles. The Morgan fingerprint density at radius 3 is 1.04 bits per heavy atom. The number of ether oxygens (including phenoxy) is 2.